The molecule has 0 unspecified atom stereocenters. The molecule has 1 fully saturated rings. The Morgan fingerprint density at radius 2 is 1.76 bits per heavy atom. The first-order valence-electron chi connectivity index (χ1n) is 8.31. The van der Waals surface area contributed by atoms with Gasteiger partial charge in [-0.25, -0.2) is 0 Å². The molecular weight excluding hydrogens is 334 g/mol. The van der Waals surface area contributed by atoms with Gasteiger partial charge in [0.05, 0.1) is 12.8 Å². The first kappa shape index (κ1) is 17.4. The summed E-state index contributed by atoms with van der Waals surface area (Å²) in [4.78, 5) is 4.47. The summed E-state index contributed by atoms with van der Waals surface area (Å²) in [6, 6.07) is 13.3. The molecule has 1 aliphatic rings. The molecule has 0 amide bonds. The van der Waals surface area contributed by atoms with E-state index in [1.165, 1.54) is 0 Å². The molecule has 0 aliphatic carbocycles. The molecule has 0 spiro atoms. The molecule has 0 saturated carbocycles. The number of methoxy groups -OCH3 is 1. The van der Waals surface area contributed by atoms with E-state index in [4.69, 9.17) is 17.0 Å². The number of hydrogen-bond acceptors (Lipinski definition) is 4. The number of aromatic hydroxyl groups is 1. The van der Waals surface area contributed by atoms with Crippen LogP contribution in [0.5, 0.6) is 11.5 Å². The van der Waals surface area contributed by atoms with Gasteiger partial charge in [-0.3, -0.25) is 0 Å². The molecular formula is C19H23N3O2S. The van der Waals surface area contributed by atoms with E-state index in [2.05, 4.69) is 15.1 Å². The lowest BCUT2D eigenvalue weighted by molar-refractivity contribution is 0.390. The fourth-order valence-corrected chi connectivity index (χ4v) is 3.24. The minimum atomic E-state index is 0.292. The highest BCUT2D eigenvalue weighted by molar-refractivity contribution is 7.80. The molecule has 2 aromatic carbocycles. The zero-order valence-electron chi connectivity index (χ0n) is 14.5. The standard InChI is InChI=1S/C19H23N3O2S/c1-14-3-8-18(24-2)17(13-14)20-19(25)22-11-9-21(10-12-22)15-4-6-16(23)7-5-15/h3-8,13,23H,9-12H2,1-2H3,(H,20,25). The van der Waals surface area contributed by atoms with Crippen LogP contribution < -0.4 is 15.0 Å². The normalized spacial score (nSPS) is 14.3. The highest BCUT2D eigenvalue weighted by Crippen LogP contribution is 2.26. The van der Waals surface area contributed by atoms with Crippen molar-refractivity contribution < 1.29 is 9.84 Å². The summed E-state index contributed by atoms with van der Waals surface area (Å²) in [5, 5.41) is 13.4. The second kappa shape index (κ2) is 7.61. The van der Waals surface area contributed by atoms with Gasteiger partial charge in [0.25, 0.3) is 0 Å². The van der Waals surface area contributed by atoms with Crippen molar-refractivity contribution in [2.75, 3.05) is 43.5 Å². The number of nitrogens with zero attached hydrogens (tertiary/aromatic N) is 2. The number of thiocarbonyl (C=S) groups is 1. The summed E-state index contributed by atoms with van der Waals surface area (Å²) < 4.78 is 5.40. The molecule has 0 bridgehead atoms. The van der Waals surface area contributed by atoms with E-state index in [1.54, 1.807) is 19.2 Å². The highest BCUT2D eigenvalue weighted by Gasteiger charge is 2.20. The van der Waals surface area contributed by atoms with Gasteiger partial charge in [0, 0.05) is 31.9 Å². The van der Waals surface area contributed by atoms with Crippen molar-refractivity contribution in [3.05, 3.63) is 48.0 Å². The van der Waals surface area contributed by atoms with Crippen LogP contribution in [0.15, 0.2) is 42.5 Å². The van der Waals surface area contributed by atoms with E-state index < -0.39 is 0 Å². The van der Waals surface area contributed by atoms with Crippen LogP contribution in [0.4, 0.5) is 11.4 Å². The predicted octanol–water partition coefficient (Wildman–Crippen LogP) is 3.23. The molecule has 1 aliphatic heterocycles. The van der Waals surface area contributed by atoms with Gasteiger partial charge in [0.1, 0.15) is 11.5 Å². The van der Waals surface area contributed by atoms with E-state index in [-0.39, 0.29) is 0 Å². The van der Waals surface area contributed by atoms with Crippen molar-refractivity contribution in [3.8, 4) is 11.5 Å². The fraction of sp³-hybridized carbons (Fsp3) is 0.316. The Kier molecular flexibility index (Phi) is 5.28. The second-order valence-corrected chi connectivity index (χ2v) is 6.51. The Morgan fingerprint density at radius 3 is 2.40 bits per heavy atom. The van der Waals surface area contributed by atoms with Crippen LogP contribution in [-0.2, 0) is 0 Å². The maximum absolute atomic E-state index is 9.41. The molecule has 0 atom stereocenters. The number of hydrogen-bond donors (Lipinski definition) is 2. The van der Waals surface area contributed by atoms with Gasteiger partial charge in [0.2, 0.25) is 0 Å². The zero-order chi connectivity index (χ0) is 17.8. The molecule has 1 saturated heterocycles. The zero-order valence-corrected chi connectivity index (χ0v) is 15.3. The average Bonchev–Trinajstić information content (AvgIpc) is 2.63. The van der Waals surface area contributed by atoms with Crippen molar-refractivity contribution in [1.29, 1.82) is 0 Å². The van der Waals surface area contributed by atoms with Crippen LogP contribution in [0.1, 0.15) is 5.56 Å². The van der Waals surface area contributed by atoms with Gasteiger partial charge in [-0.05, 0) is 61.1 Å². The molecule has 1 heterocycles. The number of aryl methyl sites for hydroxylation is 1. The average molecular weight is 357 g/mol. The molecule has 2 N–H and O–H groups in total. The summed E-state index contributed by atoms with van der Waals surface area (Å²) in [7, 11) is 1.66. The molecule has 5 nitrogen and oxygen atoms in total. The third kappa shape index (κ3) is 4.14. The number of rotatable bonds is 3. The molecule has 0 radical (unpaired) electrons. The fourth-order valence-electron chi connectivity index (χ4n) is 2.94. The number of ether oxygens (including phenoxy) is 1. The van der Waals surface area contributed by atoms with Crippen LogP contribution in [0.2, 0.25) is 0 Å². The SMILES string of the molecule is COc1ccc(C)cc1NC(=S)N1CCN(c2ccc(O)cc2)CC1. The largest absolute Gasteiger partial charge is 0.508 e. The number of phenols is 1. The summed E-state index contributed by atoms with van der Waals surface area (Å²) in [6.07, 6.45) is 0. The van der Waals surface area contributed by atoms with Gasteiger partial charge < -0.3 is 25.0 Å². The van der Waals surface area contributed by atoms with Crippen molar-refractivity contribution in [2.24, 2.45) is 0 Å². The van der Waals surface area contributed by atoms with E-state index in [1.807, 2.05) is 37.3 Å². The maximum Gasteiger partial charge on any atom is 0.173 e. The summed E-state index contributed by atoms with van der Waals surface area (Å²) in [5.41, 5.74) is 3.17. The summed E-state index contributed by atoms with van der Waals surface area (Å²) in [6.45, 7) is 5.51. The third-order valence-electron chi connectivity index (χ3n) is 4.38. The van der Waals surface area contributed by atoms with Crippen LogP contribution >= 0.6 is 12.2 Å². The maximum atomic E-state index is 9.41. The number of anilines is 2. The van der Waals surface area contributed by atoms with Gasteiger partial charge in [-0.15, -0.1) is 0 Å². The van der Waals surface area contributed by atoms with Crippen molar-refractivity contribution in [2.45, 2.75) is 6.92 Å². The highest BCUT2D eigenvalue weighted by atomic mass is 32.1. The Morgan fingerprint density at radius 1 is 1.08 bits per heavy atom. The molecule has 25 heavy (non-hydrogen) atoms. The number of piperazine rings is 1. The van der Waals surface area contributed by atoms with Crippen molar-refractivity contribution >= 4 is 28.7 Å². The molecule has 6 heteroatoms. The van der Waals surface area contributed by atoms with E-state index in [9.17, 15) is 5.11 Å². The topological polar surface area (TPSA) is 48.0 Å². The van der Waals surface area contributed by atoms with Gasteiger partial charge in [-0.1, -0.05) is 6.07 Å². The molecule has 132 valence electrons. The Labute approximate surface area is 153 Å². The molecule has 0 aromatic heterocycles. The predicted molar refractivity (Wildman–Crippen MR) is 106 cm³/mol. The summed E-state index contributed by atoms with van der Waals surface area (Å²) in [5.74, 6) is 1.08. The third-order valence-corrected chi connectivity index (χ3v) is 4.74. The molecule has 3 rings (SSSR count). The quantitative estimate of drug-likeness (QED) is 0.823. The first-order valence-corrected chi connectivity index (χ1v) is 8.72. The van der Waals surface area contributed by atoms with Crippen LogP contribution in [0.3, 0.4) is 0 Å². The number of benzene rings is 2. The van der Waals surface area contributed by atoms with E-state index in [0.717, 1.165) is 48.9 Å². The number of nitrogens with one attached hydrogen (secondary N) is 1. The number of phenolic OH excluding ortho intramolecular Hbond substituents is 1. The van der Waals surface area contributed by atoms with Gasteiger partial charge in [-0.2, -0.15) is 0 Å². The van der Waals surface area contributed by atoms with Crippen LogP contribution in [0, 0.1) is 6.92 Å². The minimum absolute atomic E-state index is 0.292. The van der Waals surface area contributed by atoms with Gasteiger partial charge >= 0.3 is 0 Å². The lowest BCUT2D eigenvalue weighted by Crippen LogP contribution is -2.50. The first-order chi connectivity index (χ1) is 12.1. The lowest BCUT2D eigenvalue weighted by Gasteiger charge is -2.37. The van der Waals surface area contributed by atoms with Crippen LogP contribution in [0.25, 0.3) is 0 Å². The minimum Gasteiger partial charge on any atom is -0.508 e. The lowest BCUT2D eigenvalue weighted by atomic mass is 10.2. The van der Waals surface area contributed by atoms with Crippen molar-refractivity contribution in [1.82, 2.24) is 4.90 Å². The Balaban J connectivity index is 1.60. The van der Waals surface area contributed by atoms with E-state index in [0.29, 0.717) is 10.9 Å². The monoisotopic (exact) mass is 357 g/mol. The van der Waals surface area contributed by atoms with Crippen LogP contribution in [-0.4, -0.2) is 48.4 Å². The smallest absolute Gasteiger partial charge is 0.173 e. The molecule has 2 aromatic rings. The van der Waals surface area contributed by atoms with Gasteiger partial charge in [0.15, 0.2) is 5.11 Å². The van der Waals surface area contributed by atoms with Crippen molar-refractivity contribution in [3.63, 3.8) is 0 Å². The second-order valence-electron chi connectivity index (χ2n) is 6.12. The summed E-state index contributed by atoms with van der Waals surface area (Å²) >= 11 is 5.59. The Hall–Kier alpha value is -2.47. The van der Waals surface area contributed by atoms with E-state index >= 15 is 0 Å². The Bertz CT molecular complexity index is 741.